The van der Waals surface area contributed by atoms with E-state index in [1.54, 1.807) is 18.3 Å². The molecular weight excluding hydrogens is 272 g/mol. The molecule has 1 aromatic rings. The molecule has 0 amide bonds. The van der Waals surface area contributed by atoms with E-state index in [4.69, 9.17) is 10.5 Å². The van der Waals surface area contributed by atoms with Crippen LogP contribution in [0.1, 0.15) is 36.2 Å². The predicted octanol–water partition coefficient (Wildman–Crippen LogP) is 2.54. The number of Topliss-reactive ketones (excluding diaryl/α,β-unsaturated/α-hetero) is 1. The first kappa shape index (κ1) is 13.9. The molecule has 108 valence electrons. The first-order chi connectivity index (χ1) is 9.70. The molecule has 2 aliphatic rings. The van der Waals surface area contributed by atoms with Crippen molar-refractivity contribution in [3.63, 3.8) is 0 Å². The van der Waals surface area contributed by atoms with Gasteiger partial charge in [0.15, 0.2) is 5.78 Å². The van der Waals surface area contributed by atoms with Crippen LogP contribution >= 0.6 is 11.8 Å². The average molecular weight is 292 g/mol. The molecule has 0 bridgehead atoms. The van der Waals surface area contributed by atoms with E-state index in [2.05, 4.69) is 4.98 Å². The molecule has 1 atom stereocenters. The molecule has 2 N–H and O–H groups in total. The van der Waals surface area contributed by atoms with Crippen molar-refractivity contribution in [3.05, 3.63) is 24.0 Å². The van der Waals surface area contributed by atoms with Crippen molar-refractivity contribution < 1.29 is 9.53 Å². The van der Waals surface area contributed by atoms with Gasteiger partial charge in [-0.3, -0.25) is 9.78 Å². The monoisotopic (exact) mass is 292 g/mol. The molecule has 1 aromatic heterocycles. The van der Waals surface area contributed by atoms with Gasteiger partial charge in [-0.1, -0.05) is 0 Å². The lowest BCUT2D eigenvalue weighted by Crippen LogP contribution is -2.44. The molecule has 1 spiro atoms. The Morgan fingerprint density at radius 1 is 1.45 bits per heavy atom. The van der Waals surface area contributed by atoms with Crippen LogP contribution in [0.4, 0.5) is 5.69 Å². The summed E-state index contributed by atoms with van der Waals surface area (Å²) in [7, 11) is 0. The molecule has 5 heteroatoms. The number of pyridine rings is 1. The van der Waals surface area contributed by atoms with Crippen LogP contribution in [-0.4, -0.2) is 34.5 Å². The molecule has 4 nitrogen and oxygen atoms in total. The molecule has 0 radical (unpaired) electrons. The number of hydrogen-bond acceptors (Lipinski definition) is 5. The summed E-state index contributed by atoms with van der Waals surface area (Å²) in [5.74, 6) is 2.35. The standard InChI is InChI=1S/C15H20N2O2S/c16-12-2-1-6-17-13(12)14(18)11-3-7-19-15(10-11)4-8-20-9-5-15/h1-2,6,11H,3-5,7-10,16H2. The van der Waals surface area contributed by atoms with Gasteiger partial charge in [-0.25, -0.2) is 0 Å². The van der Waals surface area contributed by atoms with Crippen molar-refractivity contribution in [2.45, 2.75) is 31.3 Å². The van der Waals surface area contributed by atoms with Gasteiger partial charge < -0.3 is 10.5 Å². The van der Waals surface area contributed by atoms with Gasteiger partial charge in [0, 0.05) is 18.7 Å². The van der Waals surface area contributed by atoms with Gasteiger partial charge >= 0.3 is 0 Å². The Morgan fingerprint density at radius 3 is 3.00 bits per heavy atom. The minimum Gasteiger partial charge on any atom is -0.397 e. The Morgan fingerprint density at radius 2 is 2.25 bits per heavy atom. The minimum absolute atomic E-state index is 0.00375. The van der Waals surface area contributed by atoms with Gasteiger partial charge in [0.05, 0.1) is 11.3 Å². The van der Waals surface area contributed by atoms with Gasteiger partial charge in [0.25, 0.3) is 0 Å². The maximum Gasteiger partial charge on any atom is 0.186 e. The largest absolute Gasteiger partial charge is 0.397 e. The molecule has 0 aromatic carbocycles. The zero-order valence-electron chi connectivity index (χ0n) is 11.5. The van der Waals surface area contributed by atoms with E-state index in [1.165, 1.54) is 0 Å². The molecule has 1 unspecified atom stereocenters. The van der Waals surface area contributed by atoms with E-state index in [1.807, 2.05) is 11.8 Å². The highest BCUT2D eigenvalue weighted by atomic mass is 32.2. The van der Waals surface area contributed by atoms with E-state index in [0.29, 0.717) is 18.0 Å². The van der Waals surface area contributed by atoms with Gasteiger partial charge in [0.2, 0.25) is 0 Å². The van der Waals surface area contributed by atoms with E-state index in [9.17, 15) is 4.79 Å². The van der Waals surface area contributed by atoms with Crippen molar-refractivity contribution in [2.24, 2.45) is 5.92 Å². The summed E-state index contributed by atoms with van der Waals surface area (Å²) in [5.41, 5.74) is 6.72. The normalized spacial score (nSPS) is 25.5. The minimum atomic E-state index is -0.0760. The average Bonchev–Trinajstić information content (AvgIpc) is 2.48. The number of thioether (sulfide) groups is 1. The van der Waals surface area contributed by atoms with Gasteiger partial charge in [-0.05, 0) is 49.3 Å². The van der Waals surface area contributed by atoms with Crippen LogP contribution in [0.2, 0.25) is 0 Å². The molecule has 2 saturated heterocycles. The van der Waals surface area contributed by atoms with Gasteiger partial charge in [0.1, 0.15) is 5.69 Å². The number of ketones is 1. The van der Waals surface area contributed by atoms with Crippen molar-refractivity contribution >= 4 is 23.2 Å². The summed E-state index contributed by atoms with van der Waals surface area (Å²) in [6, 6.07) is 3.50. The van der Waals surface area contributed by atoms with Crippen molar-refractivity contribution in [1.29, 1.82) is 0 Å². The fourth-order valence-corrected chi connectivity index (χ4v) is 4.40. The SMILES string of the molecule is Nc1cccnc1C(=O)C1CCOC2(CCSCC2)C1. The summed E-state index contributed by atoms with van der Waals surface area (Å²) < 4.78 is 6.04. The first-order valence-corrected chi connectivity index (χ1v) is 8.32. The van der Waals surface area contributed by atoms with Gasteiger partial charge in [-0.2, -0.15) is 11.8 Å². The Kier molecular flexibility index (Phi) is 3.98. The van der Waals surface area contributed by atoms with Crippen LogP contribution in [0.3, 0.4) is 0 Å². The van der Waals surface area contributed by atoms with E-state index in [-0.39, 0.29) is 17.3 Å². The van der Waals surface area contributed by atoms with E-state index in [0.717, 1.165) is 37.2 Å². The second-order valence-corrected chi connectivity index (χ2v) is 6.86. The summed E-state index contributed by atoms with van der Waals surface area (Å²) in [6.07, 6.45) is 5.35. The number of anilines is 1. The molecule has 3 rings (SSSR count). The molecule has 0 aliphatic carbocycles. The quantitative estimate of drug-likeness (QED) is 0.849. The van der Waals surface area contributed by atoms with Crippen molar-refractivity contribution in [1.82, 2.24) is 4.98 Å². The van der Waals surface area contributed by atoms with Crippen molar-refractivity contribution in [2.75, 3.05) is 23.8 Å². The van der Waals surface area contributed by atoms with Crippen LogP contribution in [-0.2, 0) is 4.74 Å². The molecule has 20 heavy (non-hydrogen) atoms. The predicted molar refractivity (Wildman–Crippen MR) is 80.9 cm³/mol. The maximum absolute atomic E-state index is 12.6. The number of carbonyl (C=O) groups is 1. The van der Waals surface area contributed by atoms with Gasteiger partial charge in [-0.15, -0.1) is 0 Å². The third-order valence-corrected chi connectivity index (χ3v) is 5.33. The molecular formula is C15H20N2O2S. The van der Waals surface area contributed by atoms with Crippen LogP contribution in [0.5, 0.6) is 0 Å². The highest BCUT2D eigenvalue weighted by Gasteiger charge is 2.41. The van der Waals surface area contributed by atoms with Crippen molar-refractivity contribution in [3.8, 4) is 0 Å². The molecule has 2 aliphatic heterocycles. The highest BCUT2D eigenvalue weighted by molar-refractivity contribution is 7.99. The van der Waals surface area contributed by atoms with Crippen LogP contribution < -0.4 is 5.73 Å². The third kappa shape index (κ3) is 2.69. The number of carbonyl (C=O) groups excluding carboxylic acids is 1. The summed E-state index contributed by atoms with van der Waals surface area (Å²) in [6.45, 7) is 0.674. The number of ether oxygens (including phenoxy) is 1. The Hall–Kier alpha value is -1.07. The lowest BCUT2D eigenvalue weighted by Gasteiger charge is -2.42. The summed E-state index contributed by atoms with van der Waals surface area (Å²) in [5, 5.41) is 0. The topological polar surface area (TPSA) is 65.2 Å². The number of nitrogens with two attached hydrogens (primary N) is 1. The van der Waals surface area contributed by atoms with Crippen LogP contribution in [0, 0.1) is 5.92 Å². The number of aromatic nitrogens is 1. The van der Waals surface area contributed by atoms with Crippen LogP contribution in [0.15, 0.2) is 18.3 Å². The third-order valence-electron chi connectivity index (χ3n) is 4.34. The first-order valence-electron chi connectivity index (χ1n) is 7.17. The van der Waals surface area contributed by atoms with E-state index >= 15 is 0 Å². The fourth-order valence-electron chi connectivity index (χ4n) is 3.16. The number of rotatable bonds is 2. The second-order valence-electron chi connectivity index (χ2n) is 5.64. The Balaban J connectivity index is 1.77. The Labute approximate surface area is 123 Å². The zero-order chi connectivity index (χ0) is 14.0. The summed E-state index contributed by atoms with van der Waals surface area (Å²) in [4.78, 5) is 16.8. The maximum atomic E-state index is 12.6. The number of hydrogen-bond donors (Lipinski definition) is 1. The molecule has 2 fully saturated rings. The Bertz CT molecular complexity index is 495. The number of nitrogen functional groups attached to an aromatic ring is 1. The smallest absolute Gasteiger partial charge is 0.186 e. The van der Waals surface area contributed by atoms with E-state index < -0.39 is 0 Å². The second kappa shape index (κ2) is 5.74. The molecule has 3 heterocycles. The zero-order valence-corrected chi connectivity index (χ0v) is 12.3. The lowest BCUT2D eigenvalue weighted by molar-refractivity contribution is -0.0960. The molecule has 0 saturated carbocycles. The fraction of sp³-hybridized carbons (Fsp3) is 0.600. The lowest BCUT2D eigenvalue weighted by atomic mass is 9.79. The number of nitrogens with zero attached hydrogens (tertiary/aromatic N) is 1. The van der Waals surface area contributed by atoms with Crippen LogP contribution in [0.25, 0.3) is 0 Å². The summed E-state index contributed by atoms with van der Waals surface area (Å²) >= 11 is 1.97. The highest BCUT2D eigenvalue weighted by Crippen LogP contribution is 2.40.